The summed E-state index contributed by atoms with van der Waals surface area (Å²) in [5, 5.41) is 18.2. The summed E-state index contributed by atoms with van der Waals surface area (Å²) < 4.78 is 0. The van der Waals surface area contributed by atoms with Crippen LogP contribution >= 0.6 is 0 Å². The fraction of sp³-hybridized carbons (Fsp3) is 0.435. The van der Waals surface area contributed by atoms with E-state index in [0.717, 1.165) is 37.1 Å². The Bertz CT molecular complexity index is 932. The SMILES string of the molecule is CN/C(=N\C#N)N[C@H]1CC[C@](CNC(=O)c2cc(C)[nH]c2C)(c2ccccc2)CC1. The number of benzene rings is 1. The molecule has 0 unspecified atom stereocenters. The van der Waals surface area contributed by atoms with Crippen molar-refractivity contribution >= 4 is 11.9 Å². The summed E-state index contributed by atoms with van der Waals surface area (Å²) in [6, 6.07) is 12.6. The molecular formula is C23H30N6O. The van der Waals surface area contributed by atoms with Gasteiger partial charge in [0.15, 0.2) is 0 Å². The molecule has 1 aliphatic rings. The maximum Gasteiger partial charge on any atom is 0.253 e. The Morgan fingerprint density at radius 3 is 2.53 bits per heavy atom. The fourth-order valence-corrected chi connectivity index (χ4v) is 4.38. The van der Waals surface area contributed by atoms with Crippen molar-refractivity contribution < 1.29 is 4.79 Å². The Morgan fingerprint density at radius 2 is 1.97 bits per heavy atom. The molecule has 1 aromatic carbocycles. The summed E-state index contributed by atoms with van der Waals surface area (Å²) >= 11 is 0. The second-order valence-corrected chi connectivity index (χ2v) is 8.05. The molecular weight excluding hydrogens is 376 g/mol. The molecule has 1 aromatic heterocycles. The van der Waals surface area contributed by atoms with Crippen molar-refractivity contribution in [2.75, 3.05) is 13.6 Å². The summed E-state index contributed by atoms with van der Waals surface area (Å²) in [6.07, 6.45) is 5.55. The highest BCUT2D eigenvalue weighted by atomic mass is 16.1. The molecule has 1 heterocycles. The van der Waals surface area contributed by atoms with Crippen molar-refractivity contribution in [1.82, 2.24) is 20.9 Å². The van der Waals surface area contributed by atoms with Gasteiger partial charge >= 0.3 is 0 Å². The highest BCUT2D eigenvalue weighted by Crippen LogP contribution is 2.39. The molecule has 0 radical (unpaired) electrons. The van der Waals surface area contributed by atoms with E-state index < -0.39 is 0 Å². The maximum absolute atomic E-state index is 12.8. The average molecular weight is 407 g/mol. The number of aromatic nitrogens is 1. The van der Waals surface area contributed by atoms with Crippen LogP contribution in [0.5, 0.6) is 0 Å². The number of aromatic amines is 1. The van der Waals surface area contributed by atoms with E-state index in [4.69, 9.17) is 5.26 Å². The van der Waals surface area contributed by atoms with Gasteiger partial charge < -0.3 is 20.9 Å². The van der Waals surface area contributed by atoms with Crippen LogP contribution in [-0.2, 0) is 5.41 Å². The molecule has 1 aliphatic carbocycles. The van der Waals surface area contributed by atoms with Crippen LogP contribution in [0.25, 0.3) is 0 Å². The van der Waals surface area contributed by atoms with E-state index in [1.807, 2.05) is 32.2 Å². The van der Waals surface area contributed by atoms with Crippen LogP contribution in [0.2, 0.25) is 0 Å². The average Bonchev–Trinajstić information content (AvgIpc) is 3.11. The summed E-state index contributed by atoms with van der Waals surface area (Å²) in [5.74, 6) is 0.465. The van der Waals surface area contributed by atoms with Gasteiger partial charge in [-0.2, -0.15) is 5.26 Å². The van der Waals surface area contributed by atoms with E-state index >= 15 is 0 Å². The molecule has 1 fully saturated rings. The highest BCUT2D eigenvalue weighted by Gasteiger charge is 2.37. The molecule has 7 nitrogen and oxygen atoms in total. The van der Waals surface area contributed by atoms with Crippen LogP contribution in [0.1, 0.15) is 53.0 Å². The lowest BCUT2D eigenvalue weighted by atomic mass is 9.68. The minimum absolute atomic E-state index is 0.0361. The molecule has 7 heteroatoms. The number of guanidine groups is 1. The Morgan fingerprint density at radius 1 is 1.27 bits per heavy atom. The standard InChI is InChI=1S/C23H30N6O/c1-16-13-20(17(2)28-16)21(30)26-14-23(18-7-5-4-6-8-18)11-9-19(10-12-23)29-22(25-3)27-15-24/h4-8,13,19,28H,9-12,14H2,1-3H3,(H,26,30)(H2,25,27,29)/t19-,23-. The van der Waals surface area contributed by atoms with Gasteiger partial charge in [0.05, 0.1) is 5.56 Å². The number of nitrogens with one attached hydrogen (secondary N) is 4. The third kappa shape index (κ3) is 4.82. The van der Waals surface area contributed by atoms with Crippen LogP contribution in [-0.4, -0.2) is 36.5 Å². The van der Waals surface area contributed by atoms with Crippen LogP contribution < -0.4 is 16.0 Å². The summed E-state index contributed by atoms with van der Waals surface area (Å²) in [6.45, 7) is 4.48. The van der Waals surface area contributed by atoms with Crippen molar-refractivity contribution in [2.45, 2.75) is 51.0 Å². The lowest BCUT2D eigenvalue weighted by Gasteiger charge is -2.41. The van der Waals surface area contributed by atoms with Crippen molar-refractivity contribution in [3.8, 4) is 6.19 Å². The third-order valence-corrected chi connectivity index (χ3v) is 6.05. The van der Waals surface area contributed by atoms with Gasteiger partial charge in [0.25, 0.3) is 5.91 Å². The minimum Gasteiger partial charge on any atom is -0.362 e. The highest BCUT2D eigenvalue weighted by molar-refractivity contribution is 5.95. The minimum atomic E-state index is -0.111. The van der Waals surface area contributed by atoms with Gasteiger partial charge in [-0.3, -0.25) is 4.79 Å². The van der Waals surface area contributed by atoms with Gasteiger partial charge in [-0.1, -0.05) is 30.3 Å². The van der Waals surface area contributed by atoms with Crippen LogP contribution in [0.4, 0.5) is 0 Å². The normalized spacial score (nSPS) is 21.5. The molecule has 3 rings (SSSR count). The van der Waals surface area contributed by atoms with Gasteiger partial charge in [0, 0.05) is 36.4 Å². The smallest absolute Gasteiger partial charge is 0.253 e. The van der Waals surface area contributed by atoms with Crippen molar-refractivity contribution in [2.24, 2.45) is 4.99 Å². The zero-order chi connectivity index (χ0) is 21.6. The van der Waals surface area contributed by atoms with Crippen LogP contribution in [0, 0.1) is 25.3 Å². The monoisotopic (exact) mass is 406 g/mol. The number of hydrogen-bond donors (Lipinski definition) is 4. The van der Waals surface area contributed by atoms with Gasteiger partial charge in [-0.05, 0) is 51.2 Å². The predicted octanol–water partition coefficient (Wildman–Crippen LogP) is 2.89. The topological polar surface area (TPSA) is 105 Å². The molecule has 0 atom stereocenters. The first-order chi connectivity index (χ1) is 14.5. The zero-order valence-corrected chi connectivity index (χ0v) is 17.9. The predicted molar refractivity (Wildman–Crippen MR) is 118 cm³/mol. The van der Waals surface area contributed by atoms with Gasteiger partial charge in [0.2, 0.25) is 12.2 Å². The van der Waals surface area contributed by atoms with E-state index in [-0.39, 0.29) is 17.4 Å². The van der Waals surface area contributed by atoms with E-state index in [1.54, 1.807) is 7.05 Å². The van der Waals surface area contributed by atoms with E-state index in [1.165, 1.54) is 5.56 Å². The lowest BCUT2D eigenvalue weighted by Crippen LogP contribution is -2.49. The molecule has 0 aliphatic heterocycles. The van der Waals surface area contributed by atoms with Crippen molar-refractivity contribution in [3.05, 3.63) is 58.9 Å². The second-order valence-electron chi connectivity index (χ2n) is 8.05. The Labute approximate surface area is 178 Å². The first-order valence-electron chi connectivity index (χ1n) is 10.4. The summed E-state index contributed by atoms with van der Waals surface area (Å²) in [7, 11) is 1.75. The number of rotatable bonds is 5. The van der Waals surface area contributed by atoms with Gasteiger partial charge in [-0.25, -0.2) is 0 Å². The van der Waals surface area contributed by atoms with E-state index in [9.17, 15) is 4.79 Å². The largest absolute Gasteiger partial charge is 0.362 e. The first kappa shape index (κ1) is 21.4. The zero-order valence-electron chi connectivity index (χ0n) is 17.9. The van der Waals surface area contributed by atoms with Crippen molar-refractivity contribution in [1.29, 1.82) is 5.26 Å². The Balaban J connectivity index is 1.73. The lowest BCUT2D eigenvalue weighted by molar-refractivity contribution is 0.0934. The number of aryl methyl sites for hydroxylation is 2. The molecule has 1 saturated carbocycles. The number of amides is 1. The molecule has 158 valence electrons. The summed E-state index contributed by atoms with van der Waals surface area (Å²) in [4.78, 5) is 19.8. The number of hydrogen-bond acceptors (Lipinski definition) is 3. The Kier molecular flexibility index (Phi) is 6.78. The number of nitriles is 1. The number of H-pyrrole nitrogens is 1. The molecule has 1 amide bonds. The molecule has 0 spiro atoms. The number of nitrogens with zero attached hydrogens (tertiary/aromatic N) is 2. The molecule has 0 saturated heterocycles. The third-order valence-electron chi connectivity index (χ3n) is 6.05. The quantitative estimate of drug-likeness (QED) is 0.348. The second kappa shape index (κ2) is 9.49. The maximum atomic E-state index is 12.8. The number of carbonyl (C=O) groups is 1. The van der Waals surface area contributed by atoms with Crippen molar-refractivity contribution in [3.63, 3.8) is 0 Å². The van der Waals surface area contributed by atoms with Gasteiger partial charge in [-0.15, -0.1) is 4.99 Å². The molecule has 0 bridgehead atoms. The summed E-state index contributed by atoms with van der Waals surface area (Å²) in [5.41, 5.74) is 3.73. The molecule has 4 N–H and O–H groups in total. The van der Waals surface area contributed by atoms with E-state index in [0.29, 0.717) is 18.1 Å². The fourth-order valence-electron chi connectivity index (χ4n) is 4.38. The molecule has 2 aromatic rings. The van der Waals surface area contributed by atoms with E-state index in [2.05, 4.69) is 50.2 Å². The number of carbonyl (C=O) groups excluding carboxylic acids is 1. The molecule has 30 heavy (non-hydrogen) atoms. The Hall–Kier alpha value is -3.27. The van der Waals surface area contributed by atoms with Crippen LogP contribution in [0.3, 0.4) is 0 Å². The number of aliphatic imine (C=N–C) groups is 1. The van der Waals surface area contributed by atoms with Crippen LogP contribution in [0.15, 0.2) is 41.4 Å². The van der Waals surface area contributed by atoms with Gasteiger partial charge in [0.1, 0.15) is 0 Å². The first-order valence-corrected chi connectivity index (χ1v) is 10.4.